The number of nitrogens with zero attached hydrogens (tertiary/aromatic N) is 1. The van der Waals surface area contributed by atoms with Gasteiger partial charge in [-0.05, 0) is 31.2 Å². The molecule has 4 nitrogen and oxygen atoms in total. The number of aliphatic hydroxyl groups excluding tert-OH is 1. The molecule has 4 heteroatoms. The molecule has 92 valence electrons. The van der Waals surface area contributed by atoms with Gasteiger partial charge >= 0.3 is 0 Å². The molecule has 0 aromatic heterocycles. The Bertz CT molecular complexity index is 278. The Hall–Kier alpha value is -0.610. The quantitative estimate of drug-likeness (QED) is 0.678. The Morgan fingerprint density at radius 1 is 1.50 bits per heavy atom. The van der Waals surface area contributed by atoms with Crippen LogP contribution < -0.4 is 5.32 Å². The molecule has 0 bridgehead atoms. The number of amides is 1. The van der Waals surface area contributed by atoms with Crippen LogP contribution in [0.15, 0.2) is 0 Å². The van der Waals surface area contributed by atoms with Gasteiger partial charge in [-0.15, -0.1) is 0 Å². The van der Waals surface area contributed by atoms with Crippen molar-refractivity contribution in [2.24, 2.45) is 5.41 Å². The van der Waals surface area contributed by atoms with Crippen molar-refractivity contribution in [2.45, 2.75) is 45.3 Å². The maximum atomic E-state index is 12.3. The molecular formula is C12H22N2O2. The van der Waals surface area contributed by atoms with Crippen molar-refractivity contribution in [1.82, 2.24) is 10.2 Å². The lowest BCUT2D eigenvalue weighted by Crippen LogP contribution is -2.56. The fourth-order valence-corrected chi connectivity index (χ4v) is 2.76. The molecule has 2 aliphatic heterocycles. The van der Waals surface area contributed by atoms with Crippen LogP contribution in [-0.4, -0.2) is 47.7 Å². The molecule has 2 N–H and O–H groups in total. The van der Waals surface area contributed by atoms with Gasteiger partial charge in [0.2, 0.25) is 5.91 Å². The van der Waals surface area contributed by atoms with E-state index in [0.717, 1.165) is 25.8 Å². The second-order valence-corrected chi connectivity index (χ2v) is 5.71. The van der Waals surface area contributed by atoms with E-state index in [-0.39, 0.29) is 23.5 Å². The average molecular weight is 226 g/mol. The van der Waals surface area contributed by atoms with Crippen LogP contribution in [0.3, 0.4) is 0 Å². The Balaban J connectivity index is 2.03. The third kappa shape index (κ3) is 2.23. The van der Waals surface area contributed by atoms with Crippen LogP contribution in [0.25, 0.3) is 0 Å². The van der Waals surface area contributed by atoms with E-state index < -0.39 is 0 Å². The predicted octanol–water partition coefficient (Wildman–Crippen LogP) is 0.358. The molecule has 0 aromatic carbocycles. The number of hydrogen-bond acceptors (Lipinski definition) is 3. The molecule has 1 unspecified atom stereocenters. The summed E-state index contributed by atoms with van der Waals surface area (Å²) in [5.41, 5.74) is 0.0306. The molecule has 16 heavy (non-hydrogen) atoms. The molecule has 0 radical (unpaired) electrons. The number of carbonyl (C=O) groups excluding carboxylic acids is 1. The lowest BCUT2D eigenvalue weighted by Gasteiger charge is -2.40. The molecule has 2 heterocycles. The minimum atomic E-state index is -0.323. The smallest absolute Gasteiger partial charge is 0.240 e. The number of β-amino-alcohol motifs (C(OH)–C–C–N with tert-alkyl or cyclic N) is 1. The molecule has 1 amide bonds. The molecule has 0 spiro atoms. The number of hydrogen-bond donors (Lipinski definition) is 2. The van der Waals surface area contributed by atoms with Gasteiger partial charge in [0.1, 0.15) is 0 Å². The van der Waals surface area contributed by atoms with Crippen molar-refractivity contribution >= 4 is 5.91 Å². The Morgan fingerprint density at radius 3 is 2.81 bits per heavy atom. The van der Waals surface area contributed by atoms with Crippen molar-refractivity contribution in [3.8, 4) is 0 Å². The number of aliphatic hydroxyl groups is 1. The normalized spacial score (nSPS) is 34.1. The minimum absolute atomic E-state index is 0.0306. The highest BCUT2D eigenvalue weighted by molar-refractivity contribution is 5.83. The molecule has 0 aromatic rings. The topological polar surface area (TPSA) is 52.6 Å². The second-order valence-electron chi connectivity index (χ2n) is 5.71. The number of nitrogens with one attached hydrogen (secondary N) is 1. The molecule has 0 saturated carbocycles. The number of rotatable bonds is 1. The highest BCUT2D eigenvalue weighted by Crippen LogP contribution is 2.31. The molecule has 2 rings (SSSR count). The first kappa shape index (κ1) is 11.9. The second kappa shape index (κ2) is 4.34. The Morgan fingerprint density at radius 2 is 2.25 bits per heavy atom. The molecule has 2 atom stereocenters. The summed E-state index contributed by atoms with van der Waals surface area (Å²) in [4.78, 5) is 14.1. The van der Waals surface area contributed by atoms with Gasteiger partial charge in [-0.3, -0.25) is 4.79 Å². The largest absolute Gasteiger partial charge is 0.391 e. The first-order valence-corrected chi connectivity index (χ1v) is 6.21. The lowest BCUT2D eigenvalue weighted by atomic mass is 9.77. The van der Waals surface area contributed by atoms with Gasteiger partial charge in [0.15, 0.2) is 0 Å². The average Bonchev–Trinajstić information content (AvgIpc) is 2.63. The summed E-state index contributed by atoms with van der Waals surface area (Å²) in [6, 6.07) is -0.0773. The summed E-state index contributed by atoms with van der Waals surface area (Å²) in [5, 5.41) is 12.8. The van der Waals surface area contributed by atoms with E-state index in [1.807, 2.05) is 0 Å². The van der Waals surface area contributed by atoms with Gasteiger partial charge in [0.25, 0.3) is 0 Å². The molecule has 2 saturated heterocycles. The van der Waals surface area contributed by atoms with Crippen LogP contribution >= 0.6 is 0 Å². The van der Waals surface area contributed by atoms with Gasteiger partial charge < -0.3 is 15.3 Å². The molecule has 0 aliphatic carbocycles. The number of carbonyl (C=O) groups is 1. The van der Waals surface area contributed by atoms with E-state index >= 15 is 0 Å². The predicted molar refractivity (Wildman–Crippen MR) is 62.0 cm³/mol. The zero-order chi connectivity index (χ0) is 11.8. The van der Waals surface area contributed by atoms with Crippen LogP contribution in [0.1, 0.15) is 33.1 Å². The van der Waals surface area contributed by atoms with Crippen molar-refractivity contribution in [3.63, 3.8) is 0 Å². The van der Waals surface area contributed by atoms with Crippen LogP contribution in [0.5, 0.6) is 0 Å². The monoisotopic (exact) mass is 226 g/mol. The zero-order valence-corrected chi connectivity index (χ0v) is 10.2. The highest BCUT2D eigenvalue weighted by atomic mass is 16.3. The van der Waals surface area contributed by atoms with Crippen molar-refractivity contribution in [2.75, 3.05) is 19.6 Å². The summed E-state index contributed by atoms with van der Waals surface area (Å²) >= 11 is 0. The standard InChI is InChI=1S/C12H22N2O2/c1-12(2)5-3-6-13-10(12)11(16)14-7-4-9(15)8-14/h9-10,13,15H,3-8H2,1-2H3/t9-,10?/m1/s1. The van der Waals surface area contributed by atoms with E-state index in [2.05, 4.69) is 19.2 Å². The van der Waals surface area contributed by atoms with Crippen molar-refractivity contribution < 1.29 is 9.90 Å². The third-order valence-corrected chi connectivity index (χ3v) is 3.85. The molecule has 2 aliphatic rings. The van der Waals surface area contributed by atoms with Crippen LogP contribution in [0.2, 0.25) is 0 Å². The number of piperidine rings is 1. The minimum Gasteiger partial charge on any atom is -0.391 e. The summed E-state index contributed by atoms with van der Waals surface area (Å²) < 4.78 is 0. The summed E-state index contributed by atoms with van der Waals surface area (Å²) in [6.45, 7) is 6.43. The first-order valence-electron chi connectivity index (χ1n) is 6.21. The zero-order valence-electron chi connectivity index (χ0n) is 10.2. The summed E-state index contributed by atoms with van der Waals surface area (Å²) in [5.74, 6) is 0.168. The maximum absolute atomic E-state index is 12.3. The van der Waals surface area contributed by atoms with Gasteiger partial charge in [-0.25, -0.2) is 0 Å². The van der Waals surface area contributed by atoms with Crippen LogP contribution in [0, 0.1) is 5.41 Å². The first-order chi connectivity index (χ1) is 7.50. The van der Waals surface area contributed by atoms with Gasteiger partial charge in [0, 0.05) is 13.1 Å². The van der Waals surface area contributed by atoms with E-state index in [4.69, 9.17) is 0 Å². The van der Waals surface area contributed by atoms with Gasteiger partial charge in [-0.1, -0.05) is 13.8 Å². The SMILES string of the molecule is CC1(C)CCCNC1C(=O)N1CC[C@@H](O)C1. The lowest BCUT2D eigenvalue weighted by molar-refractivity contribution is -0.136. The number of likely N-dealkylation sites (tertiary alicyclic amines) is 1. The van der Waals surface area contributed by atoms with E-state index in [9.17, 15) is 9.90 Å². The van der Waals surface area contributed by atoms with Gasteiger partial charge in [0.05, 0.1) is 12.1 Å². The van der Waals surface area contributed by atoms with Crippen molar-refractivity contribution in [3.05, 3.63) is 0 Å². The third-order valence-electron chi connectivity index (χ3n) is 3.85. The highest BCUT2D eigenvalue weighted by Gasteiger charge is 2.40. The maximum Gasteiger partial charge on any atom is 0.240 e. The van der Waals surface area contributed by atoms with Crippen LogP contribution in [-0.2, 0) is 4.79 Å². The fraction of sp³-hybridized carbons (Fsp3) is 0.917. The van der Waals surface area contributed by atoms with E-state index in [0.29, 0.717) is 13.1 Å². The van der Waals surface area contributed by atoms with E-state index in [1.165, 1.54) is 0 Å². The summed E-state index contributed by atoms with van der Waals surface area (Å²) in [7, 11) is 0. The Labute approximate surface area is 97.0 Å². The Kier molecular flexibility index (Phi) is 3.22. The fourth-order valence-electron chi connectivity index (χ4n) is 2.76. The van der Waals surface area contributed by atoms with Crippen LogP contribution in [0.4, 0.5) is 0 Å². The molecular weight excluding hydrogens is 204 g/mol. The van der Waals surface area contributed by atoms with E-state index in [1.54, 1.807) is 4.90 Å². The summed E-state index contributed by atoms with van der Waals surface area (Å²) in [6.07, 6.45) is 2.63. The molecule has 2 fully saturated rings. The van der Waals surface area contributed by atoms with Gasteiger partial charge in [-0.2, -0.15) is 0 Å². The van der Waals surface area contributed by atoms with Crippen molar-refractivity contribution in [1.29, 1.82) is 0 Å².